The first-order chi connectivity index (χ1) is 8.66. The summed E-state index contributed by atoms with van der Waals surface area (Å²) >= 11 is 12.3. The van der Waals surface area contributed by atoms with Crippen LogP contribution < -0.4 is 0 Å². The molecule has 0 N–H and O–H groups in total. The van der Waals surface area contributed by atoms with Gasteiger partial charge < -0.3 is 4.90 Å². The van der Waals surface area contributed by atoms with Gasteiger partial charge in [-0.15, -0.1) is 0 Å². The van der Waals surface area contributed by atoms with Crippen LogP contribution in [-0.2, 0) is 4.79 Å². The molecule has 1 aromatic rings. The van der Waals surface area contributed by atoms with Gasteiger partial charge in [0.15, 0.2) is 5.78 Å². The Balaban J connectivity index is 2.04. The fourth-order valence-electron chi connectivity index (χ4n) is 2.70. The number of ketones is 1. The first-order valence-electron chi connectivity index (χ1n) is 6.11. The summed E-state index contributed by atoms with van der Waals surface area (Å²) in [5.41, 5.74) is 1.52. The zero-order valence-corrected chi connectivity index (χ0v) is 11.3. The van der Waals surface area contributed by atoms with Crippen molar-refractivity contribution < 1.29 is 4.79 Å². The molecule has 0 saturated carbocycles. The van der Waals surface area contributed by atoms with Gasteiger partial charge in [-0.25, -0.2) is 0 Å². The Morgan fingerprint density at radius 1 is 1.17 bits per heavy atom. The highest BCUT2D eigenvalue weighted by atomic mass is 35.5. The maximum absolute atomic E-state index is 12.2. The molecule has 0 amide bonds. The largest absolute Gasteiger partial charge is 0.369 e. The smallest absolute Gasteiger partial charge is 0.182 e. The molecule has 4 rings (SSSR count). The predicted octanol–water partition coefficient (Wildman–Crippen LogP) is 3.63. The van der Waals surface area contributed by atoms with E-state index in [0.29, 0.717) is 10.0 Å². The lowest BCUT2D eigenvalue weighted by atomic mass is 9.84. The lowest BCUT2D eigenvalue weighted by molar-refractivity contribution is -0.125. The van der Waals surface area contributed by atoms with Crippen molar-refractivity contribution in [3.8, 4) is 0 Å². The van der Waals surface area contributed by atoms with Gasteiger partial charge in [0, 0.05) is 34.6 Å². The SMILES string of the molecule is O=C1/C(=C\c2c(Cl)cccc2Cl)N2CCC1CC2. The maximum atomic E-state index is 12.2. The Labute approximate surface area is 116 Å². The molecule has 0 radical (unpaired) electrons. The molecule has 1 aromatic carbocycles. The summed E-state index contributed by atoms with van der Waals surface area (Å²) in [6.45, 7) is 1.93. The number of halogens is 2. The van der Waals surface area contributed by atoms with Gasteiger partial charge in [-0.1, -0.05) is 29.3 Å². The number of hydrogen-bond acceptors (Lipinski definition) is 2. The lowest BCUT2D eigenvalue weighted by Crippen LogP contribution is -2.45. The molecule has 0 spiro atoms. The number of carbonyl (C=O) groups excluding carboxylic acids is 1. The van der Waals surface area contributed by atoms with E-state index in [0.717, 1.165) is 37.2 Å². The Bertz CT molecular complexity index is 510. The summed E-state index contributed by atoms with van der Waals surface area (Å²) in [5, 5.41) is 1.18. The second kappa shape index (κ2) is 4.60. The molecule has 3 heterocycles. The van der Waals surface area contributed by atoms with Gasteiger partial charge in [0.1, 0.15) is 0 Å². The molecule has 2 bridgehead atoms. The molecular weight excluding hydrogens is 269 g/mol. The minimum atomic E-state index is 0.197. The summed E-state index contributed by atoms with van der Waals surface area (Å²) in [6.07, 6.45) is 3.80. The van der Waals surface area contributed by atoms with Gasteiger partial charge in [-0.05, 0) is 31.1 Å². The van der Waals surface area contributed by atoms with Crippen molar-refractivity contribution >= 4 is 35.1 Å². The first-order valence-corrected chi connectivity index (χ1v) is 6.87. The maximum Gasteiger partial charge on any atom is 0.182 e. The molecule has 94 valence electrons. The number of allylic oxidation sites excluding steroid dienone is 1. The summed E-state index contributed by atoms with van der Waals surface area (Å²) in [5.74, 6) is 0.436. The monoisotopic (exact) mass is 281 g/mol. The highest BCUT2D eigenvalue weighted by molar-refractivity contribution is 6.37. The number of rotatable bonds is 1. The van der Waals surface area contributed by atoms with Gasteiger partial charge >= 0.3 is 0 Å². The van der Waals surface area contributed by atoms with Crippen molar-refractivity contribution in [3.63, 3.8) is 0 Å². The lowest BCUT2D eigenvalue weighted by Gasteiger charge is -2.41. The van der Waals surface area contributed by atoms with Crippen LogP contribution in [0.25, 0.3) is 6.08 Å². The molecule has 2 nitrogen and oxygen atoms in total. The summed E-state index contributed by atoms with van der Waals surface area (Å²) in [4.78, 5) is 14.4. The van der Waals surface area contributed by atoms with Gasteiger partial charge in [-0.3, -0.25) is 4.79 Å². The van der Waals surface area contributed by atoms with Crippen LogP contribution >= 0.6 is 23.2 Å². The van der Waals surface area contributed by atoms with Crippen LogP contribution in [0.1, 0.15) is 18.4 Å². The summed E-state index contributed by atoms with van der Waals surface area (Å²) < 4.78 is 0. The number of fused-ring (bicyclic) bond motifs is 3. The Morgan fingerprint density at radius 3 is 2.33 bits per heavy atom. The second-order valence-corrected chi connectivity index (χ2v) is 5.60. The van der Waals surface area contributed by atoms with E-state index in [-0.39, 0.29) is 11.7 Å². The third kappa shape index (κ3) is 1.94. The average molecular weight is 282 g/mol. The van der Waals surface area contributed by atoms with Crippen molar-refractivity contribution in [2.24, 2.45) is 5.92 Å². The van der Waals surface area contributed by atoms with Crippen LogP contribution in [0.2, 0.25) is 10.0 Å². The Kier molecular flexibility index (Phi) is 3.08. The molecule has 3 aliphatic heterocycles. The number of nitrogens with zero attached hydrogens (tertiary/aromatic N) is 1. The van der Waals surface area contributed by atoms with Crippen molar-refractivity contribution in [1.82, 2.24) is 4.90 Å². The molecular formula is C14H13Cl2NO. The number of piperidine rings is 3. The van der Waals surface area contributed by atoms with Crippen molar-refractivity contribution in [2.45, 2.75) is 12.8 Å². The van der Waals surface area contributed by atoms with Crippen LogP contribution in [0.3, 0.4) is 0 Å². The van der Waals surface area contributed by atoms with Crippen molar-refractivity contribution in [1.29, 1.82) is 0 Å². The van der Waals surface area contributed by atoms with E-state index in [4.69, 9.17) is 23.2 Å². The molecule has 4 heteroatoms. The third-order valence-electron chi connectivity index (χ3n) is 3.74. The van der Waals surface area contributed by atoms with Crippen molar-refractivity contribution in [2.75, 3.05) is 13.1 Å². The van der Waals surface area contributed by atoms with Crippen LogP contribution in [0, 0.1) is 5.92 Å². The van der Waals surface area contributed by atoms with Gasteiger partial charge in [0.25, 0.3) is 0 Å². The molecule has 0 aliphatic carbocycles. The van der Waals surface area contributed by atoms with E-state index < -0.39 is 0 Å². The van der Waals surface area contributed by atoms with E-state index >= 15 is 0 Å². The van der Waals surface area contributed by atoms with Crippen LogP contribution in [0.15, 0.2) is 23.9 Å². The number of Topliss-reactive ketones (excluding diaryl/α,β-unsaturated/α-hetero) is 1. The topological polar surface area (TPSA) is 20.3 Å². The highest BCUT2D eigenvalue weighted by Gasteiger charge is 2.36. The molecule has 0 atom stereocenters. The third-order valence-corrected chi connectivity index (χ3v) is 4.40. The second-order valence-electron chi connectivity index (χ2n) is 4.79. The van der Waals surface area contributed by atoms with Gasteiger partial charge in [0.05, 0.1) is 5.70 Å². The Hall–Kier alpha value is -0.990. The van der Waals surface area contributed by atoms with Crippen LogP contribution in [-0.4, -0.2) is 23.8 Å². The van der Waals surface area contributed by atoms with Crippen LogP contribution in [0.5, 0.6) is 0 Å². The minimum Gasteiger partial charge on any atom is -0.369 e. The summed E-state index contributed by atoms with van der Waals surface area (Å²) in [6, 6.07) is 5.39. The standard InChI is InChI=1S/C14H13Cl2NO/c15-11-2-1-3-12(16)10(11)8-13-14(18)9-4-6-17(13)7-5-9/h1-3,8-9H,4-7H2/b13-8+. The first kappa shape index (κ1) is 12.1. The highest BCUT2D eigenvalue weighted by Crippen LogP contribution is 2.34. The van der Waals surface area contributed by atoms with E-state index in [1.165, 1.54) is 0 Å². The fraction of sp³-hybridized carbons (Fsp3) is 0.357. The van der Waals surface area contributed by atoms with E-state index in [9.17, 15) is 4.79 Å². The minimum absolute atomic E-state index is 0.197. The number of carbonyl (C=O) groups is 1. The quantitative estimate of drug-likeness (QED) is 0.733. The van der Waals surface area contributed by atoms with E-state index in [1.54, 1.807) is 12.1 Å². The van der Waals surface area contributed by atoms with Crippen molar-refractivity contribution in [3.05, 3.63) is 39.5 Å². The number of benzene rings is 1. The van der Waals surface area contributed by atoms with Gasteiger partial charge in [0.2, 0.25) is 0 Å². The van der Waals surface area contributed by atoms with Gasteiger partial charge in [-0.2, -0.15) is 0 Å². The summed E-state index contributed by atoms with van der Waals surface area (Å²) in [7, 11) is 0. The zero-order chi connectivity index (χ0) is 12.7. The average Bonchev–Trinajstić information content (AvgIpc) is 2.37. The fourth-order valence-corrected chi connectivity index (χ4v) is 3.20. The Morgan fingerprint density at radius 2 is 1.78 bits per heavy atom. The number of hydrogen-bond donors (Lipinski definition) is 0. The molecule has 0 unspecified atom stereocenters. The molecule has 3 aliphatic rings. The zero-order valence-electron chi connectivity index (χ0n) is 9.83. The molecule has 18 heavy (non-hydrogen) atoms. The molecule has 3 fully saturated rings. The molecule has 0 aromatic heterocycles. The van der Waals surface area contributed by atoms with Crippen LogP contribution in [0.4, 0.5) is 0 Å². The predicted molar refractivity (Wildman–Crippen MR) is 73.7 cm³/mol. The molecule has 3 saturated heterocycles. The normalized spacial score (nSPS) is 22.0. The van der Waals surface area contributed by atoms with E-state index in [2.05, 4.69) is 4.90 Å². The van der Waals surface area contributed by atoms with E-state index in [1.807, 2.05) is 12.1 Å².